The highest BCUT2D eigenvalue weighted by Gasteiger charge is 2.28. The largest absolute Gasteiger partial charge is 0.495 e. The van der Waals surface area contributed by atoms with Crippen molar-refractivity contribution in [2.24, 2.45) is 0 Å². The van der Waals surface area contributed by atoms with E-state index in [4.69, 9.17) is 21.1 Å². The molecule has 31 heavy (non-hydrogen) atoms. The van der Waals surface area contributed by atoms with Crippen LogP contribution >= 0.6 is 11.6 Å². The first-order valence-electron chi connectivity index (χ1n) is 9.68. The number of carbonyl (C=O) groups excluding carboxylic acids is 2. The van der Waals surface area contributed by atoms with Crippen molar-refractivity contribution < 1.29 is 27.5 Å². The molecule has 0 aromatic heterocycles. The number of hydrogen-bond donors (Lipinski definition) is 1. The van der Waals surface area contributed by atoms with Gasteiger partial charge < -0.3 is 14.8 Å². The van der Waals surface area contributed by atoms with Gasteiger partial charge in [-0.3, -0.25) is 4.79 Å². The summed E-state index contributed by atoms with van der Waals surface area (Å²) in [5.74, 6) is -0.995. The number of nitrogens with one attached hydrogen (secondary N) is 1. The van der Waals surface area contributed by atoms with Crippen molar-refractivity contribution in [2.45, 2.75) is 30.8 Å². The topological polar surface area (TPSA) is 102 Å². The lowest BCUT2D eigenvalue weighted by molar-refractivity contribution is -0.123. The third-order valence-corrected chi connectivity index (χ3v) is 6.97. The molecule has 0 bridgehead atoms. The highest BCUT2D eigenvalue weighted by atomic mass is 35.5. The summed E-state index contributed by atoms with van der Waals surface area (Å²) in [5.41, 5.74) is 0.377. The number of amides is 1. The third kappa shape index (κ3) is 5.36. The van der Waals surface area contributed by atoms with E-state index in [1.165, 1.54) is 48.7 Å². The van der Waals surface area contributed by atoms with Crippen LogP contribution in [0.3, 0.4) is 0 Å². The first kappa shape index (κ1) is 23.1. The van der Waals surface area contributed by atoms with E-state index in [2.05, 4.69) is 5.32 Å². The van der Waals surface area contributed by atoms with Gasteiger partial charge in [0.25, 0.3) is 5.91 Å². The maximum atomic E-state index is 12.7. The van der Waals surface area contributed by atoms with Gasteiger partial charge in [-0.15, -0.1) is 0 Å². The minimum Gasteiger partial charge on any atom is -0.495 e. The predicted molar refractivity (Wildman–Crippen MR) is 116 cm³/mol. The lowest BCUT2D eigenvalue weighted by Gasteiger charge is -2.17. The van der Waals surface area contributed by atoms with Crippen LogP contribution in [-0.2, 0) is 19.6 Å². The van der Waals surface area contributed by atoms with Crippen LogP contribution in [0.2, 0.25) is 5.02 Å². The Morgan fingerprint density at radius 1 is 1.13 bits per heavy atom. The van der Waals surface area contributed by atoms with E-state index in [0.29, 0.717) is 29.5 Å². The fraction of sp³-hybridized carbons (Fsp3) is 0.333. The maximum Gasteiger partial charge on any atom is 0.338 e. The monoisotopic (exact) mass is 466 g/mol. The first-order valence-corrected chi connectivity index (χ1v) is 11.5. The zero-order valence-corrected chi connectivity index (χ0v) is 18.7. The van der Waals surface area contributed by atoms with Crippen LogP contribution in [0.1, 0.15) is 30.1 Å². The molecule has 1 aliphatic rings. The van der Waals surface area contributed by atoms with Crippen LogP contribution in [0.15, 0.2) is 47.4 Å². The fourth-order valence-corrected chi connectivity index (χ4v) is 4.89. The molecule has 1 fully saturated rings. The maximum absolute atomic E-state index is 12.7. The lowest BCUT2D eigenvalue weighted by atomic mass is 10.2. The Balaban J connectivity index is 1.70. The van der Waals surface area contributed by atoms with E-state index in [0.717, 1.165) is 12.8 Å². The van der Waals surface area contributed by atoms with Crippen molar-refractivity contribution in [1.82, 2.24) is 4.31 Å². The van der Waals surface area contributed by atoms with Crippen molar-refractivity contribution in [3.63, 3.8) is 0 Å². The second-order valence-corrected chi connectivity index (χ2v) is 9.39. The van der Waals surface area contributed by atoms with Gasteiger partial charge in [-0.2, -0.15) is 4.31 Å². The second-order valence-electron chi connectivity index (χ2n) is 7.02. The van der Waals surface area contributed by atoms with Gasteiger partial charge in [0.15, 0.2) is 6.10 Å². The van der Waals surface area contributed by atoms with Crippen LogP contribution in [0.5, 0.6) is 5.75 Å². The molecular formula is C21H23ClN2O6S. The Bertz CT molecular complexity index is 1080. The Kier molecular flexibility index (Phi) is 7.19. The number of hydrogen-bond acceptors (Lipinski definition) is 6. The number of ether oxygens (including phenoxy) is 2. The molecule has 0 spiro atoms. The summed E-state index contributed by atoms with van der Waals surface area (Å²) < 4.78 is 37.2. The van der Waals surface area contributed by atoms with Gasteiger partial charge in [-0.1, -0.05) is 17.7 Å². The predicted octanol–water partition coefficient (Wildman–Crippen LogP) is 3.32. The molecule has 8 nitrogen and oxygen atoms in total. The Morgan fingerprint density at radius 3 is 2.52 bits per heavy atom. The summed E-state index contributed by atoms with van der Waals surface area (Å²) in [6.45, 7) is 2.33. The molecule has 2 aromatic carbocycles. The number of carbonyl (C=O) groups is 2. The summed E-state index contributed by atoms with van der Waals surface area (Å²) in [5, 5.41) is 3.00. The highest BCUT2D eigenvalue weighted by Crippen LogP contribution is 2.28. The number of anilines is 1. The van der Waals surface area contributed by atoms with Gasteiger partial charge >= 0.3 is 5.97 Å². The molecule has 1 heterocycles. The molecular weight excluding hydrogens is 444 g/mol. The summed E-state index contributed by atoms with van der Waals surface area (Å²) in [6.07, 6.45) is 0.478. The highest BCUT2D eigenvalue weighted by molar-refractivity contribution is 7.89. The molecule has 0 saturated carbocycles. The fourth-order valence-electron chi connectivity index (χ4n) is 3.16. The average molecular weight is 467 g/mol. The van der Waals surface area contributed by atoms with Crippen molar-refractivity contribution in [3.8, 4) is 5.75 Å². The number of rotatable bonds is 7. The summed E-state index contributed by atoms with van der Waals surface area (Å²) >= 11 is 5.96. The SMILES string of the molecule is COc1ccc(Cl)cc1NC(=O)[C@@H](C)OC(=O)c1cccc(S(=O)(=O)N2CCCC2)c1. The molecule has 0 radical (unpaired) electrons. The molecule has 1 N–H and O–H groups in total. The quantitative estimate of drug-likeness (QED) is 0.628. The first-order chi connectivity index (χ1) is 14.7. The van der Waals surface area contributed by atoms with E-state index in [1.807, 2.05) is 0 Å². The van der Waals surface area contributed by atoms with E-state index < -0.39 is 28.0 Å². The van der Waals surface area contributed by atoms with Crippen LogP contribution in [0.4, 0.5) is 5.69 Å². The van der Waals surface area contributed by atoms with Gasteiger partial charge in [0, 0.05) is 18.1 Å². The average Bonchev–Trinajstić information content (AvgIpc) is 3.30. The van der Waals surface area contributed by atoms with E-state index in [-0.39, 0.29) is 10.5 Å². The van der Waals surface area contributed by atoms with Gasteiger partial charge in [0.05, 0.1) is 23.3 Å². The van der Waals surface area contributed by atoms with Crippen molar-refractivity contribution in [3.05, 3.63) is 53.1 Å². The summed E-state index contributed by atoms with van der Waals surface area (Å²) in [6, 6.07) is 10.3. The van der Waals surface area contributed by atoms with Gasteiger partial charge in [0.1, 0.15) is 5.75 Å². The zero-order valence-electron chi connectivity index (χ0n) is 17.1. The summed E-state index contributed by atoms with van der Waals surface area (Å²) in [4.78, 5) is 25.0. The molecule has 0 unspecified atom stereocenters. The Hall–Kier alpha value is -2.62. The molecule has 1 atom stereocenters. The summed E-state index contributed by atoms with van der Waals surface area (Å²) in [7, 11) is -2.22. The third-order valence-electron chi connectivity index (χ3n) is 4.84. The van der Waals surface area contributed by atoms with Gasteiger partial charge in [-0.25, -0.2) is 13.2 Å². The Morgan fingerprint density at radius 2 is 1.84 bits per heavy atom. The number of sulfonamides is 1. The van der Waals surface area contributed by atoms with Crippen LogP contribution in [0.25, 0.3) is 0 Å². The van der Waals surface area contributed by atoms with E-state index in [9.17, 15) is 18.0 Å². The lowest BCUT2D eigenvalue weighted by Crippen LogP contribution is -2.30. The smallest absolute Gasteiger partial charge is 0.338 e. The normalized spacial score (nSPS) is 15.3. The Labute approximate surface area is 186 Å². The van der Waals surface area contributed by atoms with Gasteiger partial charge in [-0.05, 0) is 56.2 Å². The number of nitrogens with zero attached hydrogens (tertiary/aromatic N) is 1. The van der Waals surface area contributed by atoms with Crippen molar-refractivity contribution >= 4 is 39.2 Å². The second kappa shape index (κ2) is 9.67. The number of halogens is 1. The molecule has 10 heteroatoms. The molecule has 166 valence electrons. The minimum atomic E-state index is -3.67. The van der Waals surface area contributed by atoms with Crippen LogP contribution in [0, 0.1) is 0 Å². The molecule has 1 saturated heterocycles. The van der Waals surface area contributed by atoms with Crippen molar-refractivity contribution in [2.75, 3.05) is 25.5 Å². The van der Waals surface area contributed by atoms with E-state index in [1.54, 1.807) is 12.1 Å². The van der Waals surface area contributed by atoms with Crippen LogP contribution < -0.4 is 10.1 Å². The standard InChI is InChI=1S/C21H23ClN2O6S/c1-14(20(25)23-18-13-16(22)8-9-19(18)29-2)30-21(26)15-6-5-7-17(12-15)31(27,28)24-10-3-4-11-24/h5-9,12-14H,3-4,10-11H2,1-2H3,(H,23,25)/t14-/m1/s1. The van der Waals surface area contributed by atoms with Crippen LogP contribution in [-0.4, -0.2) is 50.9 Å². The number of benzene rings is 2. The molecule has 1 amide bonds. The molecule has 0 aliphatic carbocycles. The number of esters is 1. The van der Waals surface area contributed by atoms with Crippen molar-refractivity contribution in [1.29, 1.82) is 0 Å². The minimum absolute atomic E-state index is 0.0182. The number of methoxy groups -OCH3 is 1. The molecule has 1 aliphatic heterocycles. The van der Waals surface area contributed by atoms with E-state index >= 15 is 0 Å². The molecule has 2 aromatic rings. The molecule has 3 rings (SSSR count). The zero-order chi connectivity index (χ0) is 22.6. The van der Waals surface area contributed by atoms with Gasteiger partial charge in [0.2, 0.25) is 10.0 Å².